The van der Waals surface area contributed by atoms with Crippen molar-refractivity contribution in [1.82, 2.24) is 4.90 Å². The maximum absolute atomic E-state index is 14.5. The molecule has 5 atom stereocenters. The van der Waals surface area contributed by atoms with Crippen molar-refractivity contribution in [1.29, 1.82) is 0 Å². The third-order valence-electron chi connectivity index (χ3n) is 12.9. The fraction of sp³-hybridized carbons (Fsp3) is 0.392. The molecule has 3 N–H and O–H groups in total. The topological polar surface area (TPSA) is 99.5 Å². The number of hydrogen-bond donors (Lipinski definition) is 3. The SMILES string of the molecule is COc1ccc(C(=O)c2cc3ccc2[C@@H]2CC[C@@](O)(CN(Cc4cccc5ccccc45)C[C@@H](O)COCc4ccccc4)[C@@]2(C)CCC=C(C)CC[C@H](O)C3)cc1. The molecule has 2 bridgehead atoms. The molecular formula is C51H59NO6. The second-order valence-corrected chi connectivity index (χ2v) is 17.0. The fourth-order valence-electron chi connectivity index (χ4n) is 9.56. The van der Waals surface area contributed by atoms with Crippen molar-refractivity contribution in [2.45, 2.75) is 95.7 Å². The van der Waals surface area contributed by atoms with Crippen LogP contribution >= 0.6 is 0 Å². The molecule has 7 nitrogen and oxygen atoms in total. The van der Waals surface area contributed by atoms with Crippen molar-refractivity contribution in [3.8, 4) is 5.75 Å². The number of aliphatic hydroxyl groups excluding tert-OH is 2. The van der Waals surface area contributed by atoms with Crippen molar-refractivity contribution in [2.24, 2.45) is 5.41 Å². The number of ketones is 1. The summed E-state index contributed by atoms with van der Waals surface area (Å²) in [6, 6.07) is 38.0. The number of carbonyl (C=O) groups is 1. The minimum atomic E-state index is -1.15. The molecular weight excluding hydrogens is 723 g/mol. The lowest BCUT2D eigenvalue weighted by atomic mass is 9.64. The number of ether oxygens (including phenoxy) is 2. The molecule has 5 aromatic carbocycles. The molecule has 0 aromatic heterocycles. The first-order valence-electron chi connectivity index (χ1n) is 20.9. The first-order chi connectivity index (χ1) is 28.0. The van der Waals surface area contributed by atoms with Crippen molar-refractivity contribution in [3.05, 3.63) is 160 Å². The number of aliphatic hydroxyl groups is 3. The number of allylic oxidation sites excluding steroid dienone is 2. The van der Waals surface area contributed by atoms with E-state index in [-0.39, 0.29) is 18.3 Å². The second kappa shape index (κ2) is 18.5. The summed E-state index contributed by atoms with van der Waals surface area (Å²) in [6.07, 6.45) is 5.56. The lowest BCUT2D eigenvalue weighted by Gasteiger charge is -2.46. The molecule has 3 aliphatic carbocycles. The van der Waals surface area contributed by atoms with E-state index in [1.54, 1.807) is 7.11 Å². The van der Waals surface area contributed by atoms with Gasteiger partial charge in [0.05, 0.1) is 38.1 Å². The highest BCUT2D eigenvalue weighted by molar-refractivity contribution is 6.10. The molecule has 0 spiro atoms. The van der Waals surface area contributed by atoms with Crippen LogP contribution in [0.4, 0.5) is 0 Å². The van der Waals surface area contributed by atoms with Gasteiger partial charge in [-0.1, -0.05) is 104 Å². The van der Waals surface area contributed by atoms with Gasteiger partial charge in [-0.05, 0) is 121 Å². The van der Waals surface area contributed by atoms with Crippen LogP contribution in [-0.4, -0.2) is 70.6 Å². The van der Waals surface area contributed by atoms with Crippen molar-refractivity contribution in [2.75, 3.05) is 26.8 Å². The van der Waals surface area contributed by atoms with E-state index in [1.807, 2.05) is 66.7 Å². The number of rotatable bonds is 13. The maximum atomic E-state index is 14.5. The summed E-state index contributed by atoms with van der Waals surface area (Å²) < 4.78 is 11.4. The Morgan fingerprint density at radius 2 is 1.67 bits per heavy atom. The Labute approximate surface area is 344 Å². The van der Waals surface area contributed by atoms with Gasteiger partial charge in [-0.25, -0.2) is 0 Å². The Kier molecular flexibility index (Phi) is 13.3. The van der Waals surface area contributed by atoms with Gasteiger partial charge in [0.1, 0.15) is 5.75 Å². The minimum absolute atomic E-state index is 0.0779. The van der Waals surface area contributed by atoms with Crippen molar-refractivity contribution >= 4 is 16.6 Å². The molecule has 8 rings (SSSR count). The van der Waals surface area contributed by atoms with Crippen LogP contribution in [0.3, 0.4) is 0 Å². The molecule has 7 heteroatoms. The predicted octanol–water partition coefficient (Wildman–Crippen LogP) is 9.20. The van der Waals surface area contributed by atoms with Crippen LogP contribution < -0.4 is 4.74 Å². The van der Waals surface area contributed by atoms with E-state index < -0.39 is 23.2 Å². The lowest BCUT2D eigenvalue weighted by Crippen LogP contribution is -2.53. The summed E-state index contributed by atoms with van der Waals surface area (Å²) in [4.78, 5) is 16.7. The largest absolute Gasteiger partial charge is 0.497 e. The molecule has 0 amide bonds. The molecule has 0 unspecified atom stereocenters. The molecule has 0 heterocycles. The summed E-state index contributed by atoms with van der Waals surface area (Å²) in [6.45, 7) is 6.12. The Balaban J connectivity index is 1.24. The molecule has 0 aliphatic heterocycles. The van der Waals surface area contributed by atoms with Gasteiger partial charge in [-0.3, -0.25) is 9.69 Å². The first kappa shape index (κ1) is 41.5. The molecule has 3 aliphatic rings. The van der Waals surface area contributed by atoms with Gasteiger partial charge >= 0.3 is 0 Å². The summed E-state index contributed by atoms with van der Waals surface area (Å²) in [7, 11) is 1.61. The Morgan fingerprint density at radius 3 is 2.47 bits per heavy atom. The predicted molar refractivity (Wildman–Crippen MR) is 231 cm³/mol. The quantitative estimate of drug-likeness (QED) is 0.0810. The van der Waals surface area contributed by atoms with Gasteiger partial charge in [0, 0.05) is 36.2 Å². The van der Waals surface area contributed by atoms with E-state index in [0.717, 1.165) is 45.9 Å². The highest BCUT2D eigenvalue weighted by atomic mass is 16.5. The smallest absolute Gasteiger partial charge is 0.193 e. The number of benzene rings is 5. The second-order valence-electron chi connectivity index (χ2n) is 17.0. The number of hydrogen-bond acceptors (Lipinski definition) is 7. The molecule has 0 radical (unpaired) electrons. The molecule has 1 saturated carbocycles. The van der Waals surface area contributed by atoms with E-state index in [9.17, 15) is 20.1 Å². The van der Waals surface area contributed by atoms with Crippen LogP contribution in [0.25, 0.3) is 10.8 Å². The molecule has 1 fully saturated rings. The fourth-order valence-corrected chi connectivity index (χ4v) is 9.56. The van der Waals surface area contributed by atoms with Crippen molar-refractivity contribution in [3.63, 3.8) is 0 Å². The minimum Gasteiger partial charge on any atom is -0.497 e. The lowest BCUT2D eigenvalue weighted by molar-refractivity contribution is -0.0922. The average molecular weight is 782 g/mol. The van der Waals surface area contributed by atoms with Crippen LogP contribution in [0.15, 0.2) is 127 Å². The third kappa shape index (κ3) is 9.46. The monoisotopic (exact) mass is 781 g/mol. The standard InChI is InChI=1S/C51H59NO6/c1-36-11-10-27-50(2)48(46-25-19-38(29-42(53)22-18-36)30-47(46)49(55)40-20-23-44(57-3)24-21-40)26-28-51(50,56)35-52(31-41-16-9-15-39-14-7-8-17-45(39)41)32-43(54)34-58-33-37-12-5-4-6-13-37/h4-9,11-17,19-21,23-25,30,42-43,48,53-54,56H,10,18,22,26-29,31-35H2,1-3H3/t42-,43+,48-,50-,51+/m0/s1. The molecule has 304 valence electrons. The molecule has 58 heavy (non-hydrogen) atoms. The van der Waals surface area contributed by atoms with Crippen LogP contribution in [0, 0.1) is 5.41 Å². The zero-order chi connectivity index (χ0) is 40.7. The summed E-state index contributed by atoms with van der Waals surface area (Å²) >= 11 is 0. The Morgan fingerprint density at radius 1 is 0.914 bits per heavy atom. The Hall–Kier alpha value is -4.63. The van der Waals surface area contributed by atoms with Crippen LogP contribution in [-0.2, 0) is 24.3 Å². The van der Waals surface area contributed by atoms with E-state index in [0.29, 0.717) is 75.2 Å². The maximum Gasteiger partial charge on any atom is 0.193 e. The van der Waals surface area contributed by atoms with Crippen molar-refractivity contribution < 1.29 is 29.6 Å². The normalized spacial score (nSPS) is 23.0. The van der Waals surface area contributed by atoms with Crippen LogP contribution in [0.5, 0.6) is 5.75 Å². The van der Waals surface area contributed by atoms with E-state index in [1.165, 1.54) is 5.57 Å². The summed E-state index contributed by atoms with van der Waals surface area (Å²) in [5, 5.41) is 38.2. The molecule has 0 saturated heterocycles. The highest BCUT2D eigenvalue weighted by Gasteiger charge is 2.57. The van der Waals surface area contributed by atoms with Crippen LogP contribution in [0.2, 0.25) is 0 Å². The van der Waals surface area contributed by atoms with Gasteiger partial charge in [-0.15, -0.1) is 0 Å². The van der Waals surface area contributed by atoms with Gasteiger partial charge in [-0.2, -0.15) is 0 Å². The van der Waals surface area contributed by atoms with Gasteiger partial charge < -0.3 is 24.8 Å². The van der Waals surface area contributed by atoms with Gasteiger partial charge in [0.25, 0.3) is 0 Å². The summed E-state index contributed by atoms with van der Waals surface area (Å²) in [5.41, 5.74) is 4.69. The van der Waals surface area contributed by atoms with Gasteiger partial charge in [0.2, 0.25) is 0 Å². The number of carbonyl (C=O) groups excluding carboxylic acids is 1. The third-order valence-corrected chi connectivity index (χ3v) is 12.9. The van der Waals surface area contributed by atoms with Gasteiger partial charge in [0.15, 0.2) is 5.78 Å². The summed E-state index contributed by atoms with van der Waals surface area (Å²) in [5.74, 6) is 0.482. The molecule has 5 aromatic rings. The zero-order valence-corrected chi connectivity index (χ0v) is 34.3. The average Bonchev–Trinajstić information content (AvgIpc) is 3.48. The number of nitrogens with zero attached hydrogens (tertiary/aromatic N) is 1. The number of methoxy groups -OCH3 is 1. The first-order valence-corrected chi connectivity index (χ1v) is 20.9. The van der Waals surface area contributed by atoms with Crippen LogP contribution in [0.1, 0.15) is 96.5 Å². The zero-order valence-electron chi connectivity index (χ0n) is 34.3. The Bertz CT molecular complexity index is 2180. The van der Waals surface area contributed by atoms with E-state index in [2.05, 4.69) is 73.4 Å². The van der Waals surface area contributed by atoms with E-state index >= 15 is 0 Å². The number of fused-ring (bicyclic) bond motifs is 9. The highest BCUT2D eigenvalue weighted by Crippen LogP contribution is 2.59. The van der Waals surface area contributed by atoms with E-state index in [4.69, 9.17) is 9.47 Å².